The van der Waals surface area contributed by atoms with Crippen molar-refractivity contribution in [2.24, 2.45) is 4.99 Å². The second kappa shape index (κ2) is 8.83. The number of nitrogens with zero attached hydrogens (tertiary/aromatic N) is 1. The summed E-state index contributed by atoms with van der Waals surface area (Å²) in [6.07, 6.45) is 0. The van der Waals surface area contributed by atoms with Gasteiger partial charge in [0.05, 0.1) is 5.69 Å². The van der Waals surface area contributed by atoms with Gasteiger partial charge in [-0.15, -0.1) is 0 Å². The molecule has 3 aromatic carbocycles. The number of rotatable bonds is 2. The molecule has 0 spiro atoms. The first-order valence-electron chi connectivity index (χ1n) is 8.26. The zero-order valence-corrected chi connectivity index (χ0v) is 15.0. The van der Waals surface area contributed by atoms with Gasteiger partial charge in [-0.05, 0) is 44.9 Å². The van der Waals surface area contributed by atoms with Crippen LogP contribution < -0.4 is 0 Å². The van der Waals surface area contributed by atoms with Gasteiger partial charge in [-0.2, -0.15) is 0 Å². The Morgan fingerprint density at radius 3 is 1.71 bits per heavy atom. The summed E-state index contributed by atoms with van der Waals surface area (Å²) in [5.41, 5.74) is 7.09. The molecule has 0 saturated carbocycles. The van der Waals surface area contributed by atoms with Gasteiger partial charge in [0.1, 0.15) is 0 Å². The molecule has 0 radical (unpaired) electrons. The molecule has 24 heavy (non-hydrogen) atoms. The summed E-state index contributed by atoms with van der Waals surface area (Å²) >= 11 is 0. The van der Waals surface area contributed by atoms with E-state index in [1.165, 1.54) is 22.3 Å². The Hall–Kier alpha value is -2.67. The quantitative estimate of drug-likeness (QED) is 0.483. The average Bonchev–Trinajstić information content (AvgIpc) is 2.59. The van der Waals surface area contributed by atoms with Crippen LogP contribution in [0, 0.1) is 20.8 Å². The smallest absolute Gasteiger partial charge is 0.0662 e. The third-order valence-corrected chi connectivity index (χ3v) is 3.81. The fourth-order valence-corrected chi connectivity index (χ4v) is 2.26. The Kier molecular flexibility index (Phi) is 6.51. The van der Waals surface area contributed by atoms with E-state index in [-0.39, 0.29) is 0 Å². The van der Waals surface area contributed by atoms with Crippen LogP contribution in [0.25, 0.3) is 0 Å². The molecule has 122 valence electrons. The molecule has 0 amide bonds. The lowest BCUT2D eigenvalue weighted by molar-refractivity contribution is 1.38. The summed E-state index contributed by atoms with van der Waals surface area (Å²) in [4.78, 5) is 4.68. The van der Waals surface area contributed by atoms with E-state index < -0.39 is 0 Å². The Morgan fingerprint density at radius 2 is 1.17 bits per heavy atom. The normalized spacial score (nSPS) is 10.8. The highest BCUT2D eigenvalue weighted by molar-refractivity contribution is 6.00. The Labute approximate surface area is 145 Å². The first-order valence-corrected chi connectivity index (χ1v) is 8.26. The minimum Gasteiger partial charge on any atom is -0.253 e. The van der Waals surface area contributed by atoms with Crippen molar-refractivity contribution >= 4 is 11.4 Å². The lowest BCUT2D eigenvalue weighted by Crippen LogP contribution is -1.93. The monoisotopic (exact) mass is 315 g/mol. The molecule has 0 atom stereocenters. The first kappa shape index (κ1) is 17.7. The van der Waals surface area contributed by atoms with Crippen LogP contribution in [0.3, 0.4) is 0 Å². The summed E-state index contributed by atoms with van der Waals surface area (Å²) in [6, 6.07) is 26.9. The molecule has 3 aromatic rings. The third-order valence-electron chi connectivity index (χ3n) is 3.81. The maximum atomic E-state index is 4.68. The van der Waals surface area contributed by atoms with Gasteiger partial charge in [-0.25, -0.2) is 0 Å². The second-order valence-corrected chi connectivity index (χ2v) is 6.00. The van der Waals surface area contributed by atoms with E-state index in [2.05, 4.69) is 75.2 Å². The molecular formula is C23H25N. The standard InChI is InChI=1S/C16H17N.C7H8/c1-12-8-10-15(11-9-12)14(3)17-16-7-5-4-6-13(16)2;1-7-5-3-2-4-6-7/h4-11H,1-3H3;2-6H,1H3. The molecule has 0 aliphatic rings. The largest absolute Gasteiger partial charge is 0.253 e. The third kappa shape index (κ3) is 5.51. The second-order valence-electron chi connectivity index (χ2n) is 6.00. The minimum atomic E-state index is 1.05. The Balaban J connectivity index is 0.000000249. The predicted molar refractivity (Wildman–Crippen MR) is 105 cm³/mol. The molecule has 0 fully saturated rings. The molecule has 1 nitrogen and oxygen atoms in total. The zero-order valence-electron chi connectivity index (χ0n) is 15.0. The van der Waals surface area contributed by atoms with Crippen molar-refractivity contribution < 1.29 is 0 Å². The van der Waals surface area contributed by atoms with E-state index in [1.54, 1.807) is 0 Å². The number of hydrogen-bond acceptors (Lipinski definition) is 1. The van der Waals surface area contributed by atoms with Crippen molar-refractivity contribution in [2.75, 3.05) is 0 Å². The number of benzene rings is 3. The summed E-state index contributed by atoms with van der Waals surface area (Å²) in [5.74, 6) is 0. The molecule has 0 saturated heterocycles. The van der Waals surface area contributed by atoms with Crippen LogP contribution >= 0.6 is 0 Å². The minimum absolute atomic E-state index is 1.05. The van der Waals surface area contributed by atoms with Crippen LogP contribution in [0.4, 0.5) is 5.69 Å². The number of aliphatic imine (C=N–C) groups is 1. The molecule has 0 aliphatic carbocycles. The lowest BCUT2D eigenvalue weighted by Gasteiger charge is -2.04. The van der Waals surface area contributed by atoms with Crippen molar-refractivity contribution in [2.45, 2.75) is 27.7 Å². The van der Waals surface area contributed by atoms with Crippen LogP contribution in [0.2, 0.25) is 0 Å². The zero-order chi connectivity index (χ0) is 17.4. The Bertz CT molecular complexity index is 784. The highest BCUT2D eigenvalue weighted by atomic mass is 14.7. The molecule has 3 rings (SSSR count). The van der Waals surface area contributed by atoms with Crippen molar-refractivity contribution in [1.82, 2.24) is 0 Å². The van der Waals surface area contributed by atoms with Crippen LogP contribution in [0.1, 0.15) is 29.2 Å². The molecule has 0 heterocycles. The van der Waals surface area contributed by atoms with E-state index in [4.69, 9.17) is 0 Å². The van der Waals surface area contributed by atoms with Gasteiger partial charge in [-0.1, -0.05) is 83.9 Å². The maximum absolute atomic E-state index is 4.68. The van der Waals surface area contributed by atoms with Crippen LogP contribution in [0.5, 0.6) is 0 Å². The SMILES string of the molecule is CC(=Nc1ccccc1C)c1ccc(C)cc1.Cc1ccccc1. The fraction of sp³-hybridized carbons (Fsp3) is 0.174. The van der Waals surface area contributed by atoms with Gasteiger partial charge in [0.2, 0.25) is 0 Å². The number of hydrogen-bond donors (Lipinski definition) is 0. The van der Waals surface area contributed by atoms with Crippen LogP contribution in [-0.4, -0.2) is 5.71 Å². The van der Waals surface area contributed by atoms with Crippen LogP contribution in [0.15, 0.2) is 83.9 Å². The average molecular weight is 315 g/mol. The lowest BCUT2D eigenvalue weighted by atomic mass is 10.1. The Morgan fingerprint density at radius 1 is 0.625 bits per heavy atom. The maximum Gasteiger partial charge on any atom is 0.0662 e. The van der Waals surface area contributed by atoms with Gasteiger partial charge in [-0.3, -0.25) is 4.99 Å². The topological polar surface area (TPSA) is 12.4 Å². The number of para-hydroxylation sites is 1. The van der Waals surface area contributed by atoms with Gasteiger partial charge < -0.3 is 0 Å². The van der Waals surface area contributed by atoms with Crippen molar-refractivity contribution in [1.29, 1.82) is 0 Å². The fourth-order valence-electron chi connectivity index (χ4n) is 2.26. The molecule has 0 bridgehead atoms. The predicted octanol–water partition coefficient (Wildman–Crippen LogP) is 6.44. The molecule has 0 aromatic heterocycles. The van der Waals surface area contributed by atoms with E-state index >= 15 is 0 Å². The summed E-state index contributed by atoms with van der Waals surface area (Å²) in [7, 11) is 0. The molecular weight excluding hydrogens is 290 g/mol. The molecule has 0 unspecified atom stereocenters. The van der Waals surface area contributed by atoms with E-state index in [0.717, 1.165) is 11.4 Å². The first-order chi connectivity index (χ1) is 11.6. The van der Waals surface area contributed by atoms with Gasteiger partial charge in [0.25, 0.3) is 0 Å². The molecule has 0 N–H and O–H groups in total. The van der Waals surface area contributed by atoms with Gasteiger partial charge in [0.15, 0.2) is 0 Å². The van der Waals surface area contributed by atoms with E-state index in [0.29, 0.717) is 0 Å². The highest BCUT2D eigenvalue weighted by Gasteiger charge is 1.99. The van der Waals surface area contributed by atoms with Gasteiger partial charge in [0, 0.05) is 5.71 Å². The van der Waals surface area contributed by atoms with Crippen LogP contribution in [-0.2, 0) is 0 Å². The molecule has 1 heteroatoms. The van der Waals surface area contributed by atoms with Crippen molar-refractivity contribution in [3.63, 3.8) is 0 Å². The van der Waals surface area contributed by atoms with Crippen molar-refractivity contribution in [3.05, 3.63) is 101 Å². The van der Waals surface area contributed by atoms with E-state index in [9.17, 15) is 0 Å². The number of aryl methyl sites for hydroxylation is 3. The van der Waals surface area contributed by atoms with E-state index in [1.807, 2.05) is 36.4 Å². The summed E-state index contributed by atoms with van der Waals surface area (Å²) < 4.78 is 0. The van der Waals surface area contributed by atoms with Crippen molar-refractivity contribution in [3.8, 4) is 0 Å². The highest BCUT2D eigenvalue weighted by Crippen LogP contribution is 2.18. The van der Waals surface area contributed by atoms with Gasteiger partial charge >= 0.3 is 0 Å². The summed E-state index contributed by atoms with van der Waals surface area (Å²) in [6.45, 7) is 8.32. The molecule has 0 aliphatic heterocycles. The summed E-state index contributed by atoms with van der Waals surface area (Å²) in [5, 5.41) is 0.